The van der Waals surface area contributed by atoms with Crippen LogP contribution in [0.5, 0.6) is 0 Å². The average molecular weight is 424 g/mol. The van der Waals surface area contributed by atoms with Gasteiger partial charge in [0.05, 0.1) is 0 Å². The zero-order chi connectivity index (χ0) is 21.1. The van der Waals surface area contributed by atoms with E-state index in [0.717, 1.165) is 65.9 Å². The van der Waals surface area contributed by atoms with E-state index in [-0.39, 0.29) is 0 Å². The number of anilines is 5. The number of nitrogens with zero attached hydrogens (tertiary/aromatic N) is 6. The molecule has 0 bridgehead atoms. The van der Waals surface area contributed by atoms with Crippen LogP contribution in [-0.2, 0) is 0 Å². The van der Waals surface area contributed by atoms with Gasteiger partial charge in [-0.25, -0.2) is 4.98 Å². The molecule has 30 heavy (non-hydrogen) atoms. The maximum atomic E-state index is 6.16. The van der Waals surface area contributed by atoms with E-state index in [0.29, 0.717) is 0 Å². The van der Waals surface area contributed by atoms with Gasteiger partial charge >= 0.3 is 0 Å². The Balaban J connectivity index is 1.53. The summed E-state index contributed by atoms with van der Waals surface area (Å²) in [7, 11) is 3.97. The van der Waals surface area contributed by atoms with Crippen molar-refractivity contribution in [1.82, 2.24) is 15.0 Å². The number of aromatic nitrogens is 3. The normalized spacial score (nSPS) is 14.0. The van der Waals surface area contributed by atoms with Crippen molar-refractivity contribution < 1.29 is 0 Å². The Labute approximate surface area is 182 Å². The van der Waals surface area contributed by atoms with Crippen LogP contribution in [-0.4, -0.2) is 55.2 Å². The fraction of sp³-hybridized carbons (Fsp3) is 0.318. The quantitative estimate of drug-likeness (QED) is 0.666. The van der Waals surface area contributed by atoms with Crippen molar-refractivity contribution >= 4 is 40.7 Å². The molecule has 3 aromatic rings. The van der Waals surface area contributed by atoms with Gasteiger partial charge in [0.15, 0.2) is 0 Å². The maximum absolute atomic E-state index is 6.16. The van der Waals surface area contributed by atoms with Gasteiger partial charge in [-0.05, 0) is 42.8 Å². The van der Waals surface area contributed by atoms with Crippen molar-refractivity contribution in [3.63, 3.8) is 0 Å². The van der Waals surface area contributed by atoms with Gasteiger partial charge in [0, 0.05) is 63.2 Å². The minimum atomic E-state index is 0.732. The summed E-state index contributed by atoms with van der Waals surface area (Å²) in [6, 6.07) is 13.8. The van der Waals surface area contributed by atoms with E-state index in [1.165, 1.54) is 0 Å². The molecule has 7 nitrogen and oxygen atoms in total. The number of nitrogens with one attached hydrogen (secondary N) is 1. The number of benzene rings is 1. The Kier molecular flexibility index (Phi) is 5.90. The molecule has 0 saturated carbocycles. The fourth-order valence-electron chi connectivity index (χ4n) is 3.40. The largest absolute Gasteiger partial charge is 0.363 e. The minimum absolute atomic E-state index is 0.732. The third-order valence-electron chi connectivity index (χ3n) is 5.13. The van der Waals surface area contributed by atoms with Crippen LogP contribution in [0.15, 0.2) is 48.7 Å². The molecule has 0 unspecified atom stereocenters. The lowest BCUT2D eigenvalue weighted by atomic mass is 10.2. The molecule has 0 spiro atoms. The molecule has 2 aromatic heterocycles. The summed E-state index contributed by atoms with van der Waals surface area (Å²) in [5.74, 6) is 3.37. The Hall–Kier alpha value is -3.06. The number of hydrogen-bond acceptors (Lipinski definition) is 7. The summed E-state index contributed by atoms with van der Waals surface area (Å²) in [5.41, 5.74) is 1.97. The van der Waals surface area contributed by atoms with Gasteiger partial charge in [0.1, 0.15) is 17.5 Å². The minimum Gasteiger partial charge on any atom is -0.363 e. The molecular formula is C22H26ClN7. The second-order valence-corrected chi connectivity index (χ2v) is 7.96. The fourth-order valence-corrected chi connectivity index (χ4v) is 3.52. The van der Waals surface area contributed by atoms with Crippen LogP contribution in [0.3, 0.4) is 0 Å². The molecule has 0 amide bonds. The highest BCUT2D eigenvalue weighted by molar-refractivity contribution is 6.31. The van der Waals surface area contributed by atoms with E-state index in [1.807, 2.05) is 68.5 Å². The summed E-state index contributed by atoms with van der Waals surface area (Å²) in [5, 5.41) is 4.15. The summed E-state index contributed by atoms with van der Waals surface area (Å²) < 4.78 is 0. The Morgan fingerprint density at radius 2 is 1.73 bits per heavy atom. The van der Waals surface area contributed by atoms with Gasteiger partial charge in [-0.3, -0.25) is 0 Å². The van der Waals surface area contributed by atoms with Crippen LogP contribution in [0.25, 0.3) is 0 Å². The molecule has 0 aliphatic carbocycles. The molecule has 0 radical (unpaired) electrons. The molecule has 8 heteroatoms. The lowest BCUT2D eigenvalue weighted by Crippen LogP contribution is -2.47. The smallest absolute Gasteiger partial charge is 0.229 e. The van der Waals surface area contributed by atoms with Gasteiger partial charge in [-0.2, -0.15) is 9.97 Å². The molecule has 156 valence electrons. The highest BCUT2D eigenvalue weighted by atomic mass is 35.5. The summed E-state index contributed by atoms with van der Waals surface area (Å²) in [6.45, 7) is 5.43. The molecule has 1 fully saturated rings. The third-order valence-corrected chi connectivity index (χ3v) is 5.55. The lowest BCUT2D eigenvalue weighted by Gasteiger charge is -2.35. The van der Waals surface area contributed by atoms with E-state index in [4.69, 9.17) is 21.6 Å². The number of aryl methyl sites for hydroxylation is 1. The topological polar surface area (TPSA) is 60.4 Å². The van der Waals surface area contributed by atoms with Gasteiger partial charge in [-0.15, -0.1) is 0 Å². The van der Waals surface area contributed by atoms with E-state index >= 15 is 0 Å². The molecule has 0 atom stereocenters. The molecule has 1 N–H and O–H groups in total. The molecule has 1 saturated heterocycles. The molecular weight excluding hydrogens is 398 g/mol. The first-order valence-electron chi connectivity index (χ1n) is 10.00. The number of piperazine rings is 1. The van der Waals surface area contributed by atoms with Crippen LogP contribution in [0.1, 0.15) is 5.56 Å². The van der Waals surface area contributed by atoms with Gasteiger partial charge in [-0.1, -0.05) is 17.7 Å². The van der Waals surface area contributed by atoms with E-state index < -0.39 is 0 Å². The molecule has 4 rings (SSSR count). The Morgan fingerprint density at radius 1 is 0.967 bits per heavy atom. The number of rotatable bonds is 5. The number of halogens is 1. The van der Waals surface area contributed by atoms with Crippen molar-refractivity contribution in [2.75, 3.05) is 60.3 Å². The van der Waals surface area contributed by atoms with Crippen LogP contribution < -0.4 is 20.0 Å². The van der Waals surface area contributed by atoms with Crippen molar-refractivity contribution in [2.45, 2.75) is 6.92 Å². The zero-order valence-corrected chi connectivity index (χ0v) is 18.3. The van der Waals surface area contributed by atoms with Crippen LogP contribution in [0, 0.1) is 6.92 Å². The second-order valence-electron chi connectivity index (χ2n) is 7.56. The highest BCUT2D eigenvalue weighted by Gasteiger charge is 2.21. The second kappa shape index (κ2) is 8.75. The van der Waals surface area contributed by atoms with Crippen LogP contribution in [0.4, 0.5) is 29.1 Å². The standard InChI is InChI=1S/C22H26ClN7/c1-16-14-17(7-8-18(16)23)25-19-15-21(28(2)3)27-22(26-19)30-12-10-29(11-13-30)20-6-4-5-9-24-20/h4-9,14-15H,10-13H2,1-3H3,(H,25,26,27). The maximum Gasteiger partial charge on any atom is 0.229 e. The SMILES string of the molecule is Cc1cc(Nc2cc(N(C)C)nc(N3CCN(c4ccccn4)CC3)n2)ccc1Cl. The average Bonchev–Trinajstić information content (AvgIpc) is 2.77. The zero-order valence-electron chi connectivity index (χ0n) is 17.5. The third kappa shape index (κ3) is 4.57. The highest BCUT2D eigenvalue weighted by Crippen LogP contribution is 2.26. The number of hydrogen-bond donors (Lipinski definition) is 1. The predicted octanol–water partition coefficient (Wildman–Crippen LogP) is 3.97. The first-order valence-corrected chi connectivity index (χ1v) is 10.4. The Morgan fingerprint density at radius 3 is 2.40 bits per heavy atom. The summed E-state index contributed by atoms with van der Waals surface area (Å²) >= 11 is 6.16. The van der Waals surface area contributed by atoms with Gasteiger partial charge < -0.3 is 20.0 Å². The first kappa shape index (κ1) is 20.2. The molecule has 1 aromatic carbocycles. The van der Waals surface area contributed by atoms with Crippen LogP contribution in [0.2, 0.25) is 5.02 Å². The summed E-state index contributed by atoms with van der Waals surface area (Å²) in [6.07, 6.45) is 1.84. The lowest BCUT2D eigenvalue weighted by molar-refractivity contribution is 0.635. The van der Waals surface area contributed by atoms with Crippen LogP contribution >= 0.6 is 11.6 Å². The van der Waals surface area contributed by atoms with Gasteiger partial charge in [0.2, 0.25) is 5.95 Å². The van der Waals surface area contributed by atoms with Gasteiger partial charge in [0.25, 0.3) is 0 Å². The van der Waals surface area contributed by atoms with Crippen molar-refractivity contribution in [3.05, 3.63) is 59.2 Å². The van der Waals surface area contributed by atoms with E-state index in [2.05, 4.69) is 26.2 Å². The molecule has 3 heterocycles. The van der Waals surface area contributed by atoms with Crippen molar-refractivity contribution in [3.8, 4) is 0 Å². The molecule has 1 aliphatic heterocycles. The summed E-state index contributed by atoms with van der Waals surface area (Å²) in [4.78, 5) is 20.5. The first-order chi connectivity index (χ1) is 14.5. The van der Waals surface area contributed by atoms with Crippen molar-refractivity contribution in [1.29, 1.82) is 0 Å². The monoisotopic (exact) mass is 423 g/mol. The Bertz CT molecular complexity index is 1000. The predicted molar refractivity (Wildman–Crippen MR) is 124 cm³/mol. The van der Waals surface area contributed by atoms with E-state index in [1.54, 1.807) is 0 Å². The van der Waals surface area contributed by atoms with E-state index in [9.17, 15) is 0 Å². The number of pyridine rings is 1. The molecule has 1 aliphatic rings. The van der Waals surface area contributed by atoms with Crippen molar-refractivity contribution in [2.24, 2.45) is 0 Å².